The number of aliphatic imine (C=N–C) groups is 1. The van der Waals surface area contributed by atoms with Crippen molar-refractivity contribution in [3.05, 3.63) is 30.1 Å². The van der Waals surface area contributed by atoms with Crippen molar-refractivity contribution in [2.75, 3.05) is 46.9 Å². The van der Waals surface area contributed by atoms with Gasteiger partial charge in [-0.2, -0.15) is 0 Å². The number of unbranched alkanes of at least 4 members (excludes halogenated alkanes) is 1. The summed E-state index contributed by atoms with van der Waals surface area (Å²) in [4.78, 5) is 22.3. The van der Waals surface area contributed by atoms with Gasteiger partial charge in [0.25, 0.3) is 0 Å². The third-order valence-corrected chi connectivity index (χ3v) is 3.89. The SMILES string of the molecule is CCCCOCCCNC(=NC)NCC(=O)N(C)CCc1ccccn1. The number of carbonyl (C=O) groups is 1. The quantitative estimate of drug-likeness (QED) is 0.334. The van der Waals surface area contributed by atoms with E-state index in [4.69, 9.17) is 4.74 Å². The van der Waals surface area contributed by atoms with E-state index in [-0.39, 0.29) is 12.5 Å². The summed E-state index contributed by atoms with van der Waals surface area (Å²) in [5.74, 6) is 0.650. The normalized spacial score (nSPS) is 11.3. The molecule has 0 aliphatic carbocycles. The first-order chi connectivity index (χ1) is 12.7. The number of nitrogens with one attached hydrogen (secondary N) is 2. The zero-order chi connectivity index (χ0) is 19.0. The lowest BCUT2D eigenvalue weighted by atomic mass is 10.2. The van der Waals surface area contributed by atoms with Gasteiger partial charge in [-0.15, -0.1) is 0 Å². The van der Waals surface area contributed by atoms with Crippen LogP contribution in [0, 0.1) is 0 Å². The van der Waals surface area contributed by atoms with Crippen LogP contribution in [-0.4, -0.2) is 68.7 Å². The maximum Gasteiger partial charge on any atom is 0.241 e. The van der Waals surface area contributed by atoms with Crippen molar-refractivity contribution < 1.29 is 9.53 Å². The minimum atomic E-state index is 0.0202. The van der Waals surface area contributed by atoms with Crippen LogP contribution < -0.4 is 10.6 Å². The molecule has 7 heteroatoms. The molecule has 0 aromatic carbocycles. The zero-order valence-corrected chi connectivity index (χ0v) is 16.3. The Morgan fingerprint density at radius 2 is 2.08 bits per heavy atom. The summed E-state index contributed by atoms with van der Waals surface area (Å²) < 4.78 is 5.52. The monoisotopic (exact) mass is 363 g/mol. The second-order valence-electron chi connectivity index (χ2n) is 6.06. The average Bonchev–Trinajstić information content (AvgIpc) is 2.68. The summed E-state index contributed by atoms with van der Waals surface area (Å²) in [6, 6.07) is 5.81. The lowest BCUT2D eigenvalue weighted by molar-refractivity contribution is -0.128. The van der Waals surface area contributed by atoms with Gasteiger partial charge in [0.05, 0.1) is 6.54 Å². The summed E-state index contributed by atoms with van der Waals surface area (Å²) in [6.45, 7) is 5.32. The second-order valence-corrected chi connectivity index (χ2v) is 6.06. The topological polar surface area (TPSA) is 78.8 Å². The molecule has 146 valence electrons. The lowest BCUT2D eigenvalue weighted by Crippen LogP contribution is -2.44. The molecule has 0 aliphatic heterocycles. The molecule has 0 atom stereocenters. The highest BCUT2D eigenvalue weighted by Crippen LogP contribution is 1.96. The van der Waals surface area contributed by atoms with E-state index in [0.29, 0.717) is 12.5 Å². The summed E-state index contributed by atoms with van der Waals surface area (Å²) in [7, 11) is 3.50. The fourth-order valence-electron chi connectivity index (χ4n) is 2.20. The van der Waals surface area contributed by atoms with Gasteiger partial charge >= 0.3 is 0 Å². The van der Waals surface area contributed by atoms with Crippen LogP contribution in [0.5, 0.6) is 0 Å². The Hall–Kier alpha value is -2.15. The van der Waals surface area contributed by atoms with Crippen LogP contribution in [0.15, 0.2) is 29.4 Å². The first-order valence-electron chi connectivity index (χ1n) is 9.33. The molecule has 1 heterocycles. The molecule has 0 saturated heterocycles. The molecule has 1 aromatic heterocycles. The number of carbonyl (C=O) groups excluding carboxylic acids is 1. The number of ether oxygens (including phenoxy) is 1. The van der Waals surface area contributed by atoms with Crippen LogP contribution in [0.2, 0.25) is 0 Å². The summed E-state index contributed by atoms with van der Waals surface area (Å²) in [6.07, 6.45) is 5.67. The highest BCUT2D eigenvalue weighted by Gasteiger charge is 2.09. The van der Waals surface area contributed by atoms with Gasteiger partial charge in [0, 0.05) is 58.7 Å². The number of likely N-dealkylation sites (N-methyl/N-ethyl adjacent to an activating group) is 1. The van der Waals surface area contributed by atoms with Gasteiger partial charge < -0.3 is 20.3 Å². The Kier molecular flexibility index (Phi) is 11.8. The van der Waals surface area contributed by atoms with Crippen LogP contribution in [0.4, 0.5) is 0 Å². The number of guanidine groups is 1. The van der Waals surface area contributed by atoms with E-state index in [1.54, 1.807) is 25.2 Å². The van der Waals surface area contributed by atoms with Crippen molar-refractivity contribution in [1.82, 2.24) is 20.5 Å². The highest BCUT2D eigenvalue weighted by molar-refractivity contribution is 5.86. The molecule has 0 unspecified atom stereocenters. The predicted molar refractivity (Wildman–Crippen MR) is 105 cm³/mol. The molecule has 0 spiro atoms. The molecule has 26 heavy (non-hydrogen) atoms. The third-order valence-electron chi connectivity index (χ3n) is 3.89. The van der Waals surface area contributed by atoms with Crippen LogP contribution in [0.25, 0.3) is 0 Å². The first kappa shape index (κ1) is 21.9. The van der Waals surface area contributed by atoms with Crippen molar-refractivity contribution in [3.8, 4) is 0 Å². The average molecular weight is 364 g/mol. The molecule has 1 aromatic rings. The van der Waals surface area contributed by atoms with Gasteiger partial charge in [-0.25, -0.2) is 0 Å². The Labute approximate surface area is 157 Å². The van der Waals surface area contributed by atoms with Crippen molar-refractivity contribution in [2.24, 2.45) is 4.99 Å². The van der Waals surface area contributed by atoms with Gasteiger partial charge in [-0.3, -0.25) is 14.8 Å². The number of rotatable bonds is 12. The molecular weight excluding hydrogens is 330 g/mol. The smallest absolute Gasteiger partial charge is 0.241 e. The van der Waals surface area contributed by atoms with Crippen molar-refractivity contribution in [1.29, 1.82) is 0 Å². The van der Waals surface area contributed by atoms with Crippen molar-refractivity contribution >= 4 is 11.9 Å². The number of aromatic nitrogens is 1. The summed E-state index contributed by atoms with van der Waals surface area (Å²) in [5, 5.41) is 6.24. The van der Waals surface area contributed by atoms with Gasteiger partial charge in [0.1, 0.15) is 0 Å². The molecule has 1 amide bonds. The molecule has 1 rings (SSSR count). The van der Waals surface area contributed by atoms with Gasteiger partial charge in [0.2, 0.25) is 5.91 Å². The van der Waals surface area contributed by atoms with Crippen LogP contribution in [-0.2, 0) is 16.0 Å². The van der Waals surface area contributed by atoms with E-state index < -0.39 is 0 Å². The maximum atomic E-state index is 12.2. The number of hydrogen-bond acceptors (Lipinski definition) is 4. The second kappa shape index (κ2) is 14.1. The molecular formula is C19H33N5O2. The van der Waals surface area contributed by atoms with Crippen LogP contribution in [0.3, 0.4) is 0 Å². The fourth-order valence-corrected chi connectivity index (χ4v) is 2.20. The van der Waals surface area contributed by atoms with E-state index in [9.17, 15) is 4.79 Å². The van der Waals surface area contributed by atoms with Crippen molar-refractivity contribution in [3.63, 3.8) is 0 Å². The third kappa shape index (κ3) is 9.98. The summed E-state index contributed by atoms with van der Waals surface area (Å²) in [5.41, 5.74) is 0.985. The molecule has 2 N–H and O–H groups in total. The van der Waals surface area contributed by atoms with Gasteiger partial charge in [-0.1, -0.05) is 19.4 Å². The highest BCUT2D eigenvalue weighted by atomic mass is 16.5. The fraction of sp³-hybridized carbons (Fsp3) is 0.632. The Bertz CT molecular complexity index is 522. The van der Waals surface area contributed by atoms with Crippen molar-refractivity contribution in [2.45, 2.75) is 32.6 Å². The Balaban J connectivity index is 2.16. The molecule has 0 fully saturated rings. The van der Waals surface area contributed by atoms with Gasteiger partial charge in [-0.05, 0) is 25.0 Å². The van der Waals surface area contributed by atoms with E-state index in [1.165, 1.54) is 0 Å². The minimum absolute atomic E-state index is 0.0202. The first-order valence-corrected chi connectivity index (χ1v) is 9.33. The number of hydrogen-bond donors (Lipinski definition) is 2. The molecule has 0 bridgehead atoms. The number of pyridine rings is 1. The number of nitrogens with zero attached hydrogens (tertiary/aromatic N) is 3. The van der Waals surface area contributed by atoms with E-state index in [2.05, 4.69) is 27.5 Å². The Morgan fingerprint density at radius 3 is 2.77 bits per heavy atom. The van der Waals surface area contributed by atoms with E-state index in [0.717, 1.165) is 51.1 Å². The largest absolute Gasteiger partial charge is 0.381 e. The Morgan fingerprint density at radius 1 is 1.27 bits per heavy atom. The predicted octanol–water partition coefficient (Wildman–Crippen LogP) is 1.45. The molecule has 0 radical (unpaired) electrons. The van der Waals surface area contributed by atoms with Crippen LogP contribution in [0.1, 0.15) is 31.9 Å². The molecule has 0 saturated carbocycles. The molecule has 7 nitrogen and oxygen atoms in total. The lowest BCUT2D eigenvalue weighted by Gasteiger charge is -2.18. The van der Waals surface area contributed by atoms with E-state index >= 15 is 0 Å². The van der Waals surface area contributed by atoms with Gasteiger partial charge in [0.15, 0.2) is 5.96 Å². The standard InChI is InChI=1S/C19H33N5O2/c1-4-5-14-26-15-8-12-22-19(20-2)23-16-18(25)24(3)13-10-17-9-6-7-11-21-17/h6-7,9,11H,4-5,8,10,12-16H2,1-3H3,(H2,20,22,23). The minimum Gasteiger partial charge on any atom is -0.381 e. The number of amides is 1. The van der Waals surface area contributed by atoms with Crippen LogP contribution >= 0.6 is 0 Å². The summed E-state index contributed by atoms with van der Waals surface area (Å²) >= 11 is 0. The van der Waals surface area contributed by atoms with E-state index in [1.807, 2.05) is 18.2 Å². The maximum absolute atomic E-state index is 12.2. The zero-order valence-electron chi connectivity index (χ0n) is 16.3. The molecule has 0 aliphatic rings.